The molecule has 0 atom stereocenters. The van der Waals surface area contributed by atoms with E-state index in [-0.39, 0.29) is 0 Å². The molecule has 0 saturated carbocycles. The Kier molecular flexibility index (Phi) is 8.70. The van der Waals surface area contributed by atoms with Crippen LogP contribution in [0.5, 0.6) is 0 Å². The minimum absolute atomic E-state index is 0.338. The van der Waals surface area contributed by atoms with E-state index in [1.165, 1.54) is 32.1 Å². The first-order valence-electron chi connectivity index (χ1n) is 5.92. The lowest BCUT2D eigenvalue weighted by atomic mass is 9.96. The van der Waals surface area contributed by atoms with E-state index in [1.807, 2.05) is 0 Å². The van der Waals surface area contributed by atoms with Crippen molar-refractivity contribution in [2.75, 3.05) is 0 Å². The highest BCUT2D eigenvalue weighted by Crippen LogP contribution is 2.17. The van der Waals surface area contributed by atoms with Crippen molar-refractivity contribution in [3.8, 4) is 0 Å². The monoisotopic (exact) mass is 200 g/mol. The van der Waals surface area contributed by atoms with Gasteiger partial charge in [0.25, 0.3) is 0 Å². The molecule has 1 N–H and O–H groups in total. The van der Waals surface area contributed by atoms with Crippen molar-refractivity contribution in [3.63, 3.8) is 0 Å². The van der Waals surface area contributed by atoms with Crippen LogP contribution in [0.1, 0.15) is 65.2 Å². The van der Waals surface area contributed by atoms with Crippen molar-refractivity contribution >= 4 is 5.97 Å². The van der Waals surface area contributed by atoms with E-state index < -0.39 is 5.97 Å². The first kappa shape index (κ1) is 13.5. The van der Waals surface area contributed by atoms with Gasteiger partial charge in [0.15, 0.2) is 0 Å². The molecule has 0 spiro atoms. The largest absolute Gasteiger partial charge is 0.481 e. The Morgan fingerprint density at radius 1 is 1.07 bits per heavy atom. The van der Waals surface area contributed by atoms with E-state index in [0.29, 0.717) is 6.42 Å². The van der Waals surface area contributed by atoms with E-state index >= 15 is 0 Å². The van der Waals surface area contributed by atoms with Crippen LogP contribution in [0, 0.1) is 5.92 Å². The first-order chi connectivity index (χ1) is 6.70. The molecule has 0 aliphatic rings. The van der Waals surface area contributed by atoms with Crippen molar-refractivity contribution < 1.29 is 9.90 Å². The highest BCUT2D eigenvalue weighted by atomic mass is 16.4. The zero-order valence-electron chi connectivity index (χ0n) is 9.59. The fraction of sp³-hybridized carbons (Fsp3) is 0.917. The maximum atomic E-state index is 10.2. The maximum absolute atomic E-state index is 10.2. The third-order valence-electron chi connectivity index (χ3n) is 2.91. The SMILES string of the molecule is CCC(CC)CCCCCCC(=O)O. The van der Waals surface area contributed by atoms with Crippen LogP contribution in [-0.4, -0.2) is 11.1 Å². The van der Waals surface area contributed by atoms with Gasteiger partial charge < -0.3 is 5.11 Å². The zero-order chi connectivity index (χ0) is 10.8. The number of unbranched alkanes of at least 4 members (excludes halogenated alkanes) is 3. The first-order valence-corrected chi connectivity index (χ1v) is 5.92. The molecule has 0 saturated heterocycles. The molecule has 2 nitrogen and oxygen atoms in total. The third-order valence-corrected chi connectivity index (χ3v) is 2.91. The van der Waals surface area contributed by atoms with Crippen LogP contribution in [0.25, 0.3) is 0 Å². The molecular formula is C12H24O2. The van der Waals surface area contributed by atoms with E-state index in [9.17, 15) is 4.79 Å². The lowest BCUT2D eigenvalue weighted by Crippen LogP contribution is -1.97. The molecule has 0 heterocycles. The molecular weight excluding hydrogens is 176 g/mol. The van der Waals surface area contributed by atoms with E-state index in [0.717, 1.165) is 18.8 Å². The van der Waals surface area contributed by atoms with Gasteiger partial charge in [-0.2, -0.15) is 0 Å². The summed E-state index contributed by atoms with van der Waals surface area (Å²) in [5.74, 6) is 0.222. The van der Waals surface area contributed by atoms with Gasteiger partial charge in [0.1, 0.15) is 0 Å². The van der Waals surface area contributed by atoms with E-state index in [1.54, 1.807) is 0 Å². The summed E-state index contributed by atoms with van der Waals surface area (Å²) >= 11 is 0. The summed E-state index contributed by atoms with van der Waals surface area (Å²) in [7, 11) is 0. The van der Waals surface area contributed by atoms with Crippen molar-refractivity contribution in [2.45, 2.75) is 65.2 Å². The van der Waals surface area contributed by atoms with Crippen molar-refractivity contribution in [2.24, 2.45) is 5.92 Å². The molecule has 0 fully saturated rings. The fourth-order valence-corrected chi connectivity index (χ4v) is 1.76. The molecule has 0 rings (SSSR count). The van der Waals surface area contributed by atoms with Gasteiger partial charge in [-0.05, 0) is 12.3 Å². The lowest BCUT2D eigenvalue weighted by Gasteiger charge is -2.10. The van der Waals surface area contributed by atoms with Gasteiger partial charge in [-0.25, -0.2) is 0 Å². The Balaban J connectivity index is 3.16. The Morgan fingerprint density at radius 3 is 2.14 bits per heavy atom. The highest BCUT2D eigenvalue weighted by molar-refractivity contribution is 5.66. The molecule has 14 heavy (non-hydrogen) atoms. The Labute approximate surface area is 87.7 Å². The maximum Gasteiger partial charge on any atom is 0.303 e. The van der Waals surface area contributed by atoms with Gasteiger partial charge in [0, 0.05) is 6.42 Å². The number of carbonyl (C=O) groups is 1. The molecule has 0 unspecified atom stereocenters. The Hall–Kier alpha value is -0.530. The summed E-state index contributed by atoms with van der Waals surface area (Å²) in [6, 6.07) is 0. The number of carboxylic acids is 1. The second-order valence-corrected chi connectivity index (χ2v) is 4.03. The highest BCUT2D eigenvalue weighted by Gasteiger charge is 2.02. The van der Waals surface area contributed by atoms with Crippen molar-refractivity contribution in [3.05, 3.63) is 0 Å². The minimum Gasteiger partial charge on any atom is -0.481 e. The molecule has 2 heteroatoms. The number of carboxylic acid groups (broad SMARTS) is 1. The van der Waals surface area contributed by atoms with Crippen LogP contribution in [0.3, 0.4) is 0 Å². The number of aliphatic carboxylic acids is 1. The lowest BCUT2D eigenvalue weighted by molar-refractivity contribution is -0.137. The van der Waals surface area contributed by atoms with Crippen molar-refractivity contribution in [1.29, 1.82) is 0 Å². The number of hydrogen-bond acceptors (Lipinski definition) is 1. The van der Waals surface area contributed by atoms with Gasteiger partial charge in [-0.3, -0.25) is 4.79 Å². The number of rotatable bonds is 9. The van der Waals surface area contributed by atoms with Gasteiger partial charge in [0.2, 0.25) is 0 Å². The van der Waals surface area contributed by atoms with E-state index in [4.69, 9.17) is 5.11 Å². The average Bonchev–Trinajstić information content (AvgIpc) is 2.16. The molecule has 0 aromatic carbocycles. The van der Waals surface area contributed by atoms with Crippen LogP contribution in [-0.2, 0) is 4.79 Å². The third kappa shape index (κ3) is 8.09. The predicted octanol–water partition coefficient (Wildman–Crippen LogP) is 3.85. The van der Waals surface area contributed by atoms with Crippen molar-refractivity contribution in [1.82, 2.24) is 0 Å². The molecule has 0 aliphatic heterocycles. The average molecular weight is 200 g/mol. The summed E-state index contributed by atoms with van der Waals surface area (Å²) in [5, 5.41) is 8.43. The molecule has 0 aromatic heterocycles. The van der Waals surface area contributed by atoms with Gasteiger partial charge in [0.05, 0.1) is 0 Å². The Morgan fingerprint density at radius 2 is 1.64 bits per heavy atom. The molecule has 0 aliphatic carbocycles. The normalized spacial score (nSPS) is 10.8. The van der Waals surface area contributed by atoms with Gasteiger partial charge in [-0.15, -0.1) is 0 Å². The summed E-state index contributed by atoms with van der Waals surface area (Å²) in [6.07, 6.45) is 8.61. The van der Waals surface area contributed by atoms with Crippen LogP contribution in [0.2, 0.25) is 0 Å². The summed E-state index contributed by atoms with van der Waals surface area (Å²) in [6.45, 7) is 4.50. The van der Waals surface area contributed by atoms with Crippen LogP contribution < -0.4 is 0 Å². The molecule has 0 bridgehead atoms. The molecule has 0 amide bonds. The minimum atomic E-state index is -0.662. The van der Waals surface area contributed by atoms with Gasteiger partial charge >= 0.3 is 5.97 Å². The zero-order valence-corrected chi connectivity index (χ0v) is 9.59. The van der Waals surface area contributed by atoms with Crippen LogP contribution in [0.15, 0.2) is 0 Å². The second-order valence-electron chi connectivity index (χ2n) is 4.03. The smallest absolute Gasteiger partial charge is 0.303 e. The Bertz CT molecular complexity index is 139. The van der Waals surface area contributed by atoms with E-state index in [2.05, 4.69) is 13.8 Å². The standard InChI is InChI=1S/C12H24O2/c1-3-11(4-2)9-7-5-6-8-10-12(13)14/h11H,3-10H2,1-2H3,(H,13,14). The number of hydrogen-bond donors (Lipinski definition) is 1. The second kappa shape index (κ2) is 9.04. The summed E-state index contributed by atoms with van der Waals surface area (Å²) in [5.41, 5.74) is 0. The predicted molar refractivity (Wildman–Crippen MR) is 59.4 cm³/mol. The van der Waals surface area contributed by atoms with Gasteiger partial charge in [-0.1, -0.05) is 52.4 Å². The van der Waals surface area contributed by atoms with Crippen LogP contribution >= 0.6 is 0 Å². The summed E-state index contributed by atoms with van der Waals surface area (Å²) in [4.78, 5) is 10.2. The quantitative estimate of drug-likeness (QED) is 0.574. The molecule has 0 radical (unpaired) electrons. The molecule has 84 valence electrons. The topological polar surface area (TPSA) is 37.3 Å². The summed E-state index contributed by atoms with van der Waals surface area (Å²) < 4.78 is 0. The molecule has 0 aromatic rings. The van der Waals surface area contributed by atoms with Crippen LogP contribution in [0.4, 0.5) is 0 Å². The fourth-order valence-electron chi connectivity index (χ4n) is 1.76.